The molecule has 0 spiro atoms. The van der Waals surface area contributed by atoms with Crippen LogP contribution in [0.15, 0.2) is 24.3 Å². The maximum atomic E-state index is 12.0. The fourth-order valence-corrected chi connectivity index (χ4v) is 2.31. The molecular weight excluding hydrogens is 253 g/mol. The number of hydrogen-bond donors (Lipinski definition) is 1. The van der Waals surface area contributed by atoms with E-state index in [2.05, 4.69) is 10.2 Å². The maximum Gasteiger partial charge on any atom is 0.401 e. The Hall–Kier alpha value is -1.07. The van der Waals surface area contributed by atoms with E-state index in [9.17, 15) is 13.2 Å². The maximum absolute atomic E-state index is 12.0. The van der Waals surface area contributed by atoms with Crippen molar-refractivity contribution < 1.29 is 13.2 Å². The van der Waals surface area contributed by atoms with Gasteiger partial charge in [-0.3, -0.25) is 4.90 Å². The molecule has 0 unspecified atom stereocenters. The molecule has 0 radical (unpaired) electrons. The smallest absolute Gasteiger partial charge is 0.305 e. The van der Waals surface area contributed by atoms with Crippen LogP contribution in [0.4, 0.5) is 13.2 Å². The Labute approximate surface area is 111 Å². The first-order chi connectivity index (χ1) is 9.03. The van der Waals surface area contributed by atoms with Crippen molar-refractivity contribution in [1.29, 1.82) is 0 Å². The lowest BCUT2D eigenvalue weighted by Gasteiger charge is -2.14. The van der Waals surface area contributed by atoms with Crippen molar-refractivity contribution >= 4 is 0 Å². The van der Waals surface area contributed by atoms with Gasteiger partial charge in [-0.2, -0.15) is 13.2 Å². The summed E-state index contributed by atoms with van der Waals surface area (Å²) >= 11 is 0. The van der Waals surface area contributed by atoms with Crippen molar-refractivity contribution in [1.82, 2.24) is 10.2 Å². The Morgan fingerprint density at radius 2 is 1.58 bits per heavy atom. The lowest BCUT2D eigenvalue weighted by Crippen LogP contribution is -2.28. The van der Waals surface area contributed by atoms with E-state index in [0.29, 0.717) is 0 Å². The minimum atomic E-state index is -4.14. The third-order valence-electron chi connectivity index (χ3n) is 3.28. The zero-order valence-electron chi connectivity index (χ0n) is 10.8. The number of nitrogens with zero attached hydrogens (tertiary/aromatic N) is 1. The Kier molecular flexibility index (Phi) is 4.82. The summed E-state index contributed by atoms with van der Waals surface area (Å²) in [6.45, 7) is 2.55. The second-order valence-electron chi connectivity index (χ2n) is 5.02. The van der Waals surface area contributed by atoms with Crippen LogP contribution >= 0.6 is 0 Å². The van der Waals surface area contributed by atoms with Gasteiger partial charge in [0.15, 0.2) is 0 Å². The molecule has 1 heterocycles. The predicted molar refractivity (Wildman–Crippen MR) is 68.7 cm³/mol. The summed E-state index contributed by atoms with van der Waals surface area (Å²) in [4.78, 5) is 2.40. The van der Waals surface area contributed by atoms with Gasteiger partial charge in [0.25, 0.3) is 0 Å². The normalized spacial score (nSPS) is 17.0. The summed E-state index contributed by atoms with van der Waals surface area (Å²) in [7, 11) is 0. The van der Waals surface area contributed by atoms with Gasteiger partial charge in [-0.15, -0.1) is 0 Å². The van der Waals surface area contributed by atoms with Crippen molar-refractivity contribution in [2.75, 3.05) is 19.6 Å². The third-order valence-corrected chi connectivity index (χ3v) is 3.28. The Bertz CT molecular complexity index is 381. The first-order valence-corrected chi connectivity index (χ1v) is 6.60. The number of rotatable bonds is 5. The SMILES string of the molecule is FC(F)(F)CNCc1ccc(CN2CCCC2)cc1. The molecule has 1 aliphatic heterocycles. The predicted octanol–water partition coefficient (Wildman–Crippen LogP) is 2.93. The lowest BCUT2D eigenvalue weighted by molar-refractivity contribution is -0.125. The van der Waals surface area contributed by atoms with Crippen molar-refractivity contribution in [3.63, 3.8) is 0 Å². The Morgan fingerprint density at radius 3 is 2.16 bits per heavy atom. The largest absolute Gasteiger partial charge is 0.401 e. The van der Waals surface area contributed by atoms with E-state index >= 15 is 0 Å². The number of alkyl halides is 3. The highest BCUT2D eigenvalue weighted by Gasteiger charge is 2.25. The van der Waals surface area contributed by atoms with Crippen LogP contribution in [0.1, 0.15) is 24.0 Å². The molecule has 19 heavy (non-hydrogen) atoms. The van der Waals surface area contributed by atoms with Crippen LogP contribution in [-0.4, -0.2) is 30.7 Å². The second kappa shape index (κ2) is 6.39. The Balaban J connectivity index is 1.77. The highest BCUT2D eigenvalue weighted by molar-refractivity contribution is 5.22. The Morgan fingerprint density at radius 1 is 1.00 bits per heavy atom. The van der Waals surface area contributed by atoms with E-state index in [0.717, 1.165) is 25.2 Å². The quantitative estimate of drug-likeness (QED) is 0.886. The summed E-state index contributed by atoms with van der Waals surface area (Å²) < 4.78 is 35.9. The molecule has 1 fully saturated rings. The molecule has 106 valence electrons. The van der Waals surface area contributed by atoms with Gasteiger partial charge in [-0.25, -0.2) is 0 Å². The van der Waals surface area contributed by atoms with E-state index in [1.165, 1.54) is 18.4 Å². The van der Waals surface area contributed by atoms with E-state index in [1.54, 1.807) is 0 Å². The van der Waals surface area contributed by atoms with Crippen LogP contribution in [0.3, 0.4) is 0 Å². The molecule has 1 aromatic rings. The van der Waals surface area contributed by atoms with Crippen LogP contribution in [-0.2, 0) is 13.1 Å². The molecule has 0 aromatic heterocycles. The summed E-state index contributed by atoms with van der Waals surface area (Å²) in [6.07, 6.45) is -1.62. The van der Waals surface area contributed by atoms with Crippen LogP contribution < -0.4 is 5.32 Å². The molecule has 0 saturated carbocycles. The number of nitrogens with one attached hydrogen (secondary N) is 1. The minimum absolute atomic E-state index is 0.253. The van der Waals surface area contributed by atoms with Crippen LogP contribution in [0.2, 0.25) is 0 Å². The van der Waals surface area contributed by atoms with E-state index < -0.39 is 12.7 Å². The highest BCUT2D eigenvalue weighted by Crippen LogP contribution is 2.14. The summed E-state index contributed by atoms with van der Waals surface area (Å²) in [5.74, 6) is 0. The van der Waals surface area contributed by atoms with Gasteiger partial charge < -0.3 is 5.32 Å². The van der Waals surface area contributed by atoms with Gasteiger partial charge in [0.05, 0.1) is 6.54 Å². The summed E-state index contributed by atoms with van der Waals surface area (Å²) in [5.41, 5.74) is 2.11. The lowest BCUT2D eigenvalue weighted by atomic mass is 10.1. The second-order valence-corrected chi connectivity index (χ2v) is 5.02. The molecule has 1 aliphatic rings. The average Bonchev–Trinajstić information content (AvgIpc) is 2.83. The van der Waals surface area contributed by atoms with Crippen molar-refractivity contribution in [3.05, 3.63) is 35.4 Å². The van der Waals surface area contributed by atoms with Crippen molar-refractivity contribution in [2.45, 2.75) is 32.1 Å². The number of benzene rings is 1. The van der Waals surface area contributed by atoms with Gasteiger partial charge in [-0.05, 0) is 37.1 Å². The molecule has 0 bridgehead atoms. The van der Waals surface area contributed by atoms with Crippen molar-refractivity contribution in [2.24, 2.45) is 0 Å². The monoisotopic (exact) mass is 272 g/mol. The zero-order chi connectivity index (χ0) is 13.7. The molecule has 2 rings (SSSR count). The van der Waals surface area contributed by atoms with Gasteiger partial charge >= 0.3 is 6.18 Å². The minimum Gasteiger partial charge on any atom is -0.305 e. The van der Waals surface area contributed by atoms with Crippen LogP contribution in [0.5, 0.6) is 0 Å². The number of hydrogen-bond acceptors (Lipinski definition) is 2. The molecule has 0 aliphatic carbocycles. The fraction of sp³-hybridized carbons (Fsp3) is 0.571. The van der Waals surface area contributed by atoms with Gasteiger partial charge in [-0.1, -0.05) is 24.3 Å². The van der Waals surface area contributed by atoms with Gasteiger partial charge in [0.1, 0.15) is 0 Å². The van der Waals surface area contributed by atoms with Gasteiger partial charge in [0, 0.05) is 13.1 Å². The summed E-state index contributed by atoms with van der Waals surface area (Å²) in [6, 6.07) is 7.80. The number of likely N-dealkylation sites (tertiary alicyclic amines) is 1. The average molecular weight is 272 g/mol. The molecule has 1 N–H and O–H groups in total. The number of halogens is 3. The third kappa shape index (κ3) is 5.20. The molecule has 2 nitrogen and oxygen atoms in total. The molecule has 1 aromatic carbocycles. The van der Waals surface area contributed by atoms with Gasteiger partial charge in [0.2, 0.25) is 0 Å². The van der Waals surface area contributed by atoms with E-state index in [1.807, 2.05) is 24.3 Å². The van der Waals surface area contributed by atoms with Crippen LogP contribution in [0.25, 0.3) is 0 Å². The van der Waals surface area contributed by atoms with E-state index in [4.69, 9.17) is 0 Å². The highest BCUT2D eigenvalue weighted by atomic mass is 19.4. The molecule has 0 amide bonds. The first-order valence-electron chi connectivity index (χ1n) is 6.60. The fourth-order valence-electron chi connectivity index (χ4n) is 2.31. The molecule has 5 heteroatoms. The standard InChI is InChI=1S/C14H19F3N2/c15-14(16,17)11-18-9-12-3-5-13(6-4-12)10-19-7-1-2-8-19/h3-6,18H,1-2,7-11H2. The van der Waals surface area contributed by atoms with Crippen LogP contribution in [0, 0.1) is 0 Å². The van der Waals surface area contributed by atoms with E-state index in [-0.39, 0.29) is 6.54 Å². The summed E-state index contributed by atoms with van der Waals surface area (Å²) in [5, 5.41) is 2.40. The zero-order valence-corrected chi connectivity index (χ0v) is 10.8. The molecule has 0 atom stereocenters. The first kappa shape index (κ1) is 14.3. The topological polar surface area (TPSA) is 15.3 Å². The molecule has 1 saturated heterocycles. The molecular formula is C14H19F3N2. The van der Waals surface area contributed by atoms with Crippen molar-refractivity contribution in [3.8, 4) is 0 Å².